The molecule has 128 valence electrons. The second kappa shape index (κ2) is 7.12. The third-order valence-corrected chi connectivity index (χ3v) is 3.62. The first kappa shape index (κ1) is 16.6. The fourth-order valence-electron chi connectivity index (χ4n) is 2.28. The van der Waals surface area contributed by atoms with Crippen molar-refractivity contribution in [2.45, 2.75) is 13.5 Å². The summed E-state index contributed by atoms with van der Waals surface area (Å²) in [5.74, 6) is -0.490. The van der Waals surface area contributed by atoms with E-state index in [0.717, 1.165) is 0 Å². The van der Waals surface area contributed by atoms with E-state index >= 15 is 0 Å². The molecule has 25 heavy (non-hydrogen) atoms. The van der Waals surface area contributed by atoms with E-state index in [-0.39, 0.29) is 18.1 Å². The van der Waals surface area contributed by atoms with Gasteiger partial charge in [-0.2, -0.15) is 5.10 Å². The zero-order valence-electron chi connectivity index (χ0n) is 13.4. The predicted molar refractivity (Wildman–Crippen MR) is 87.5 cm³/mol. The highest BCUT2D eigenvalue weighted by Crippen LogP contribution is 2.21. The molecule has 3 aromatic rings. The molecule has 0 saturated carbocycles. The zero-order valence-corrected chi connectivity index (χ0v) is 13.4. The fourth-order valence-corrected chi connectivity index (χ4v) is 2.28. The minimum Gasteiger partial charge on any atom is -0.407 e. The van der Waals surface area contributed by atoms with Gasteiger partial charge in [0.2, 0.25) is 0 Å². The number of halogens is 2. The van der Waals surface area contributed by atoms with E-state index in [1.165, 1.54) is 29.1 Å². The number of ether oxygens (including phenoxy) is 1. The van der Waals surface area contributed by atoms with Crippen molar-refractivity contribution in [1.29, 1.82) is 0 Å². The van der Waals surface area contributed by atoms with Crippen LogP contribution in [0.15, 0.2) is 54.7 Å². The maximum atomic E-state index is 13.5. The van der Waals surface area contributed by atoms with Gasteiger partial charge in [0.05, 0.1) is 17.6 Å². The SMILES string of the molecule is Cc1c(OC(=O)NCc2ccccc2F)cnn1-c1ccc(F)cc1. The lowest BCUT2D eigenvalue weighted by molar-refractivity contribution is 0.199. The molecular formula is C18H15F2N3O2. The second-order valence-corrected chi connectivity index (χ2v) is 5.32. The smallest absolute Gasteiger partial charge is 0.407 e. The van der Waals surface area contributed by atoms with Gasteiger partial charge >= 0.3 is 6.09 Å². The van der Waals surface area contributed by atoms with Gasteiger partial charge in [-0.05, 0) is 37.3 Å². The van der Waals surface area contributed by atoms with Crippen LogP contribution in [0, 0.1) is 18.6 Å². The molecule has 3 rings (SSSR count). The summed E-state index contributed by atoms with van der Waals surface area (Å²) in [6.45, 7) is 1.73. The van der Waals surface area contributed by atoms with Crippen molar-refractivity contribution in [3.05, 3.63) is 77.6 Å². The number of nitrogens with one attached hydrogen (secondary N) is 1. The average Bonchev–Trinajstić information content (AvgIpc) is 2.96. The van der Waals surface area contributed by atoms with E-state index in [0.29, 0.717) is 16.9 Å². The van der Waals surface area contributed by atoms with Gasteiger partial charge in [0.15, 0.2) is 5.75 Å². The Kier molecular flexibility index (Phi) is 4.74. The molecule has 0 aliphatic rings. The monoisotopic (exact) mass is 343 g/mol. The van der Waals surface area contributed by atoms with Crippen molar-refractivity contribution >= 4 is 6.09 Å². The number of rotatable bonds is 4. The van der Waals surface area contributed by atoms with E-state index in [4.69, 9.17) is 4.74 Å². The molecule has 0 unspecified atom stereocenters. The standard InChI is InChI=1S/C18H15F2N3O2/c1-12-17(11-22-23(12)15-8-6-14(19)7-9-15)25-18(24)21-10-13-4-2-3-5-16(13)20/h2-9,11H,10H2,1H3,(H,21,24). The van der Waals surface area contributed by atoms with Crippen LogP contribution in [0.2, 0.25) is 0 Å². The highest BCUT2D eigenvalue weighted by molar-refractivity contribution is 5.70. The van der Waals surface area contributed by atoms with Crippen molar-refractivity contribution in [2.24, 2.45) is 0 Å². The number of carbonyl (C=O) groups is 1. The lowest BCUT2D eigenvalue weighted by atomic mass is 10.2. The van der Waals surface area contributed by atoms with Crippen molar-refractivity contribution in [3.8, 4) is 11.4 Å². The lowest BCUT2D eigenvalue weighted by Gasteiger charge is -2.08. The molecule has 0 aliphatic heterocycles. The van der Waals surface area contributed by atoms with E-state index in [1.54, 1.807) is 37.3 Å². The Labute approximate surface area is 142 Å². The van der Waals surface area contributed by atoms with Gasteiger partial charge in [-0.25, -0.2) is 18.3 Å². The summed E-state index contributed by atoms with van der Waals surface area (Å²) < 4.78 is 33.2. The van der Waals surface area contributed by atoms with Gasteiger partial charge < -0.3 is 10.1 Å². The Morgan fingerprint density at radius 2 is 1.88 bits per heavy atom. The Morgan fingerprint density at radius 1 is 1.16 bits per heavy atom. The topological polar surface area (TPSA) is 56.1 Å². The van der Waals surface area contributed by atoms with Crippen LogP contribution in [-0.2, 0) is 6.54 Å². The van der Waals surface area contributed by atoms with E-state index < -0.39 is 11.9 Å². The van der Waals surface area contributed by atoms with Crippen LogP contribution in [0.25, 0.3) is 5.69 Å². The molecule has 7 heteroatoms. The maximum absolute atomic E-state index is 13.5. The number of carbonyl (C=O) groups excluding carboxylic acids is 1. The van der Waals surface area contributed by atoms with Gasteiger partial charge in [-0.1, -0.05) is 18.2 Å². The summed E-state index contributed by atoms with van der Waals surface area (Å²) in [6, 6.07) is 11.9. The van der Waals surface area contributed by atoms with Crippen LogP contribution in [0.1, 0.15) is 11.3 Å². The Balaban J connectivity index is 1.66. The predicted octanol–water partition coefficient (Wildman–Crippen LogP) is 3.75. The minimum atomic E-state index is -0.718. The Hall–Kier alpha value is -3.22. The van der Waals surface area contributed by atoms with Crippen LogP contribution in [0.3, 0.4) is 0 Å². The summed E-state index contributed by atoms with van der Waals surface area (Å²) in [5.41, 5.74) is 1.58. The number of benzene rings is 2. The van der Waals surface area contributed by atoms with Gasteiger partial charge in [0, 0.05) is 12.1 Å². The summed E-state index contributed by atoms with van der Waals surface area (Å²) in [4.78, 5) is 11.9. The molecule has 1 aromatic heterocycles. The summed E-state index contributed by atoms with van der Waals surface area (Å²) in [6.07, 6.45) is 0.673. The molecule has 0 atom stereocenters. The van der Waals surface area contributed by atoms with Crippen molar-refractivity contribution in [2.75, 3.05) is 0 Å². The minimum absolute atomic E-state index is 0.0106. The van der Waals surface area contributed by atoms with Crippen LogP contribution in [0.5, 0.6) is 5.75 Å². The molecule has 0 spiro atoms. The first-order chi connectivity index (χ1) is 12.0. The number of aromatic nitrogens is 2. The largest absolute Gasteiger partial charge is 0.412 e. The summed E-state index contributed by atoms with van der Waals surface area (Å²) >= 11 is 0. The first-order valence-electron chi connectivity index (χ1n) is 7.54. The first-order valence-corrected chi connectivity index (χ1v) is 7.54. The molecule has 2 aromatic carbocycles. The Bertz CT molecular complexity index is 892. The maximum Gasteiger partial charge on any atom is 0.412 e. The quantitative estimate of drug-likeness (QED) is 0.785. The van der Waals surface area contributed by atoms with Gasteiger partial charge in [0.1, 0.15) is 11.6 Å². The lowest BCUT2D eigenvalue weighted by Crippen LogP contribution is -2.26. The van der Waals surface area contributed by atoms with Crippen molar-refractivity contribution in [3.63, 3.8) is 0 Å². The van der Waals surface area contributed by atoms with Crippen molar-refractivity contribution in [1.82, 2.24) is 15.1 Å². The molecule has 0 fully saturated rings. The molecule has 0 radical (unpaired) electrons. The van der Waals surface area contributed by atoms with E-state index in [2.05, 4.69) is 10.4 Å². The third kappa shape index (κ3) is 3.82. The third-order valence-electron chi connectivity index (χ3n) is 3.62. The molecule has 1 amide bonds. The van der Waals surface area contributed by atoms with Crippen LogP contribution < -0.4 is 10.1 Å². The summed E-state index contributed by atoms with van der Waals surface area (Å²) in [7, 11) is 0. The molecule has 1 N–H and O–H groups in total. The van der Waals surface area contributed by atoms with Gasteiger partial charge in [-0.15, -0.1) is 0 Å². The van der Waals surface area contributed by atoms with Crippen LogP contribution in [-0.4, -0.2) is 15.9 Å². The van der Waals surface area contributed by atoms with E-state index in [9.17, 15) is 13.6 Å². The fraction of sp³-hybridized carbons (Fsp3) is 0.111. The Morgan fingerprint density at radius 3 is 2.60 bits per heavy atom. The average molecular weight is 343 g/mol. The van der Waals surface area contributed by atoms with E-state index in [1.807, 2.05) is 0 Å². The van der Waals surface area contributed by atoms with Gasteiger partial charge in [-0.3, -0.25) is 0 Å². The zero-order chi connectivity index (χ0) is 17.8. The second-order valence-electron chi connectivity index (χ2n) is 5.32. The number of amides is 1. The highest BCUT2D eigenvalue weighted by atomic mass is 19.1. The number of hydrogen-bond donors (Lipinski definition) is 1. The molecule has 1 heterocycles. The molecule has 0 saturated heterocycles. The number of nitrogens with zero attached hydrogens (tertiary/aromatic N) is 2. The van der Waals surface area contributed by atoms with Crippen LogP contribution in [0.4, 0.5) is 13.6 Å². The van der Waals surface area contributed by atoms with Crippen molar-refractivity contribution < 1.29 is 18.3 Å². The number of hydrogen-bond acceptors (Lipinski definition) is 3. The molecule has 0 bridgehead atoms. The summed E-state index contributed by atoms with van der Waals surface area (Å²) in [5, 5.41) is 6.61. The molecular weight excluding hydrogens is 328 g/mol. The molecule has 0 aliphatic carbocycles. The highest BCUT2D eigenvalue weighted by Gasteiger charge is 2.13. The normalized spacial score (nSPS) is 10.5. The van der Waals surface area contributed by atoms with Crippen LogP contribution >= 0.6 is 0 Å². The van der Waals surface area contributed by atoms with Gasteiger partial charge in [0.25, 0.3) is 0 Å². The molecule has 5 nitrogen and oxygen atoms in total.